The Kier molecular flexibility index (Phi) is 23.5. The molecule has 0 saturated carbocycles. The number of halogens is 4. The van der Waals surface area contributed by atoms with E-state index in [1.54, 1.807) is 48.5 Å². The third kappa shape index (κ3) is 14.4. The summed E-state index contributed by atoms with van der Waals surface area (Å²) >= 11 is 19.1. The van der Waals surface area contributed by atoms with Crippen LogP contribution in [0, 0.1) is 45.3 Å². The van der Waals surface area contributed by atoms with Gasteiger partial charge in [-0.1, -0.05) is 31.7 Å². The first-order valence-corrected chi connectivity index (χ1v) is 8.76. The maximum atomic E-state index is 8.45. The predicted molar refractivity (Wildman–Crippen MR) is 112 cm³/mol. The fraction of sp³-hybridized carbons (Fsp3) is 0.158. The molecular weight excluding hydrogens is 426 g/mol. The van der Waals surface area contributed by atoms with Gasteiger partial charge in [0, 0.05) is 0 Å². The lowest BCUT2D eigenvalue weighted by atomic mass is 10.1. The standard InChI is InChI=1S/2C8H4N2.2CH2Cl2.CH4/c2*9-5-7-3-1-2-4-8(7)6-10;2*2-1-3;/h2*1-4H;2*1H2;1H4. The molecule has 27 heavy (non-hydrogen) atoms. The Hall–Kier alpha value is -2.44. The summed E-state index contributed by atoms with van der Waals surface area (Å²) in [5.74, 6) is 0. The smallest absolute Gasteiger partial charge is 0.101 e. The molecule has 140 valence electrons. The number of nitrogens with zero attached hydrogens (tertiary/aromatic N) is 4. The maximum absolute atomic E-state index is 8.45. The second-order valence-electron chi connectivity index (χ2n) is 3.74. The highest BCUT2D eigenvalue weighted by atomic mass is 35.5. The van der Waals surface area contributed by atoms with Crippen molar-refractivity contribution in [2.45, 2.75) is 7.43 Å². The van der Waals surface area contributed by atoms with Crippen molar-refractivity contribution < 1.29 is 0 Å². The van der Waals surface area contributed by atoms with Crippen LogP contribution in [0.1, 0.15) is 29.7 Å². The van der Waals surface area contributed by atoms with Crippen molar-refractivity contribution in [3.63, 3.8) is 0 Å². The Labute approximate surface area is 180 Å². The van der Waals surface area contributed by atoms with Crippen LogP contribution >= 0.6 is 46.4 Å². The molecule has 0 bridgehead atoms. The van der Waals surface area contributed by atoms with Crippen LogP contribution in [-0.4, -0.2) is 10.7 Å². The van der Waals surface area contributed by atoms with Gasteiger partial charge in [-0.25, -0.2) is 0 Å². The SMILES string of the molecule is C.ClCCl.ClCCl.N#Cc1ccccc1C#N.N#Cc1ccccc1C#N. The first-order chi connectivity index (χ1) is 12.6. The highest BCUT2D eigenvalue weighted by Crippen LogP contribution is 2.04. The molecule has 0 saturated heterocycles. The van der Waals surface area contributed by atoms with Gasteiger partial charge in [-0.2, -0.15) is 21.0 Å². The molecule has 0 heterocycles. The lowest BCUT2D eigenvalue weighted by molar-refractivity contribution is 1.43. The van der Waals surface area contributed by atoms with E-state index < -0.39 is 0 Å². The molecule has 0 spiro atoms. The van der Waals surface area contributed by atoms with Gasteiger partial charge in [0.25, 0.3) is 0 Å². The molecule has 4 nitrogen and oxygen atoms in total. The van der Waals surface area contributed by atoms with Crippen molar-refractivity contribution in [1.82, 2.24) is 0 Å². The van der Waals surface area contributed by atoms with E-state index >= 15 is 0 Å². The Morgan fingerprint density at radius 1 is 0.519 bits per heavy atom. The van der Waals surface area contributed by atoms with Crippen LogP contribution in [0.2, 0.25) is 0 Å². The molecule has 0 amide bonds. The fourth-order valence-electron chi connectivity index (χ4n) is 1.36. The van der Waals surface area contributed by atoms with Gasteiger partial charge in [-0.3, -0.25) is 0 Å². The Bertz CT molecular complexity index is 676. The molecule has 0 unspecified atom stereocenters. The van der Waals surface area contributed by atoms with E-state index in [4.69, 9.17) is 67.5 Å². The Balaban J connectivity index is -0.000000322. The van der Waals surface area contributed by atoms with E-state index in [2.05, 4.69) is 0 Å². The van der Waals surface area contributed by atoms with Crippen molar-refractivity contribution in [2.24, 2.45) is 0 Å². The van der Waals surface area contributed by atoms with E-state index in [-0.39, 0.29) is 18.1 Å². The number of nitriles is 4. The summed E-state index contributed by atoms with van der Waals surface area (Å²) in [4.78, 5) is 0. The molecule has 0 aliphatic carbocycles. The van der Waals surface area contributed by atoms with Crippen LogP contribution in [0.4, 0.5) is 0 Å². The van der Waals surface area contributed by atoms with Crippen LogP contribution in [0.25, 0.3) is 0 Å². The third-order valence-electron chi connectivity index (χ3n) is 2.34. The molecular formula is C19H16Cl4N4. The van der Waals surface area contributed by atoms with Crippen LogP contribution < -0.4 is 0 Å². The highest BCUT2D eigenvalue weighted by Gasteiger charge is 1.96. The lowest BCUT2D eigenvalue weighted by Crippen LogP contribution is -1.79. The highest BCUT2D eigenvalue weighted by molar-refractivity contribution is 6.41. The maximum Gasteiger partial charge on any atom is 0.101 e. The molecule has 0 fully saturated rings. The van der Waals surface area contributed by atoms with Crippen LogP contribution in [0.15, 0.2) is 48.5 Å². The third-order valence-corrected chi connectivity index (χ3v) is 2.34. The van der Waals surface area contributed by atoms with Gasteiger partial charge in [0.2, 0.25) is 0 Å². The summed E-state index contributed by atoms with van der Waals surface area (Å²) in [6.45, 7) is 0. The first kappa shape index (κ1) is 29.3. The van der Waals surface area contributed by atoms with Gasteiger partial charge in [-0.15, -0.1) is 46.4 Å². The molecule has 2 aromatic carbocycles. The summed E-state index contributed by atoms with van der Waals surface area (Å²) in [5.41, 5.74) is 1.74. The summed E-state index contributed by atoms with van der Waals surface area (Å²) in [7, 11) is 0. The minimum absolute atomic E-state index is 0. The minimum Gasteiger partial charge on any atom is -0.192 e. The van der Waals surface area contributed by atoms with E-state index in [1.165, 1.54) is 0 Å². The summed E-state index contributed by atoms with van der Waals surface area (Å²) in [6.07, 6.45) is 0. The zero-order valence-electron chi connectivity index (χ0n) is 13.3. The molecule has 0 atom stereocenters. The van der Waals surface area contributed by atoms with E-state index in [0.29, 0.717) is 22.3 Å². The van der Waals surface area contributed by atoms with Crippen molar-refractivity contribution in [1.29, 1.82) is 21.0 Å². The van der Waals surface area contributed by atoms with E-state index in [9.17, 15) is 0 Å². The Morgan fingerprint density at radius 2 is 0.667 bits per heavy atom. The van der Waals surface area contributed by atoms with Gasteiger partial charge in [0.05, 0.1) is 32.9 Å². The summed E-state index contributed by atoms with van der Waals surface area (Å²) < 4.78 is 0. The van der Waals surface area contributed by atoms with Crippen LogP contribution in [-0.2, 0) is 0 Å². The molecule has 0 radical (unpaired) electrons. The van der Waals surface area contributed by atoms with E-state index in [1.807, 2.05) is 24.3 Å². The van der Waals surface area contributed by atoms with Gasteiger partial charge < -0.3 is 0 Å². The predicted octanol–water partition coefficient (Wildman–Crippen LogP) is 6.34. The number of benzene rings is 2. The lowest BCUT2D eigenvalue weighted by Gasteiger charge is -1.88. The molecule has 0 aromatic heterocycles. The summed E-state index contributed by atoms with van der Waals surface area (Å²) in [6, 6.07) is 21.1. The molecule has 0 aliphatic rings. The zero-order chi connectivity index (χ0) is 20.2. The number of alkyl halides is 4. The second-order valence-corrected chi connectivity index (χ2v) is 5.36. The number of rotatable bonds is 0. The van der Waals surface area contributed by atoms with E-state index in [0.717, 1.165) is 0 Å². The van der Waals surface area contributed by atoms with Crippen LogP contribution in [0.3, 0.4) is 0 Å². The van der Waals surface area contributed by atoms with Crippen molar-refractivity contribution in [3.8, 4) is 24.3 Å². The average Bonchev–Trinajstić information content (AvgIpc) is 2.69. The molecule has 2 rings (SSSR count). The molecule has 8 heteroatoms. The monoisotopic (exact) mass is 440 g/mol. The van der Waals surface area contributed by atoms with Crippen molar-refractivity contribution >= 4 is 46.4 Å². The second kappa shape index (κ2) is 21.6. The Morgan fingerprint density at radius 3 is 0.778 bits per heavy atom. The minimum atomic E-state index is 0. The molecule has 0 N–H and O–H groups in total. The quantitative estimate of drug-likeness (QED) is 0.445. The van der Waals surface area contributed by atoms with Gasteiger partial charge in [0.15, 0.2) is 0 Å². The van der Waals surface area contributed by atoms with Crippen LogP contribution in [0.5, 0.6) is 0 Å². The van der Waals surface area contributed by atoms with Gasteiger partial charge in [-0.05, 0) is 24.3 Å². The fourth-order valence-corrected chi connectivity index (χ4v) is 1.36. The van der Waals surface area contributed by atoms with Gasteiger partial charge in [0.1, 0.15) is 24.3 Å². The van der Waals surface area contributed by atoms with Crippen molar-refractivity contribution in [3.05, 3.63) is 70.8 Å². The average molecular weight is 442 g/mol. The molecule has 0 aliphatic heterocycles. The normalized spacial score (nSPS) is 7.11. The number of hydrogen-bond acceptors (Lipinski definition) is 4. The summed E-state index contributed by atoms with van der Waals surface area (Å²) in [5, 5.41) is 34.2. The first-order valence-electron chi connectivity index (χ1n) is 6.62. The topological polar surface area (TPSA) is 95.2 Å². The van der Waals surface area contributed by atoms with Gasteiger partial charge >= 0.3 is 0 Å². The number of hydrogen-bond donors (Lipinski definition) is 0. The zero-order valence-corrected chi connectivity index (χ0v) is 16.4. The van der Waals surface area contributed by atoms with Crippen molar-refractivity contribution in [2.75, 3.05) is 10.7 Å². The molecule has 2 aromatic rings. The largest absolute Gasteiger partial charge is 0.192 e.